The maximum absolute atomic E-state index is 11.6. The van der Waals surface area contributed by atoms with Crippen molar-refractivity contribution < 1.29 is 19.1 Å². The summed E-state index contributed by atoms with van der Waals surface area (Å²) >= 11 is 0. The van der Waals surface area contributed by atoms with E-state index >= 15 is 0 Å². The van der Waals surface area contributed by atoms with Gasteiger partial charge in [0, 0.05) is 12.6 Å². The normalized spacial score (nSPS) is 10.4. The highest BCUT2D eigenvalue weighted by molar-refractivity contribution is 5.95. The number of urea groups is 1. The molecule has 0 aromatic heterocycles. The van der Waals surface area contributed by atoms with Gasteiger partial charge in [-0.15, -0.1) is 0 Å². The van der Waals surface area contributed by atoms with Gasteiger partial charge in [-0.2, -0.15) is 0 Å². The van der Waals surface area contributed by atoms with Crippen molar-refractivity contribution in [2.75, 3.05) is 26.2 Å². The lowest BCUT2D eigenvalue weighted by atomic mass is 10.3. The van der Waals surface area contributed by atoms with E-state index in [1.165, 1.54) is 0 Å². The van der Waals surface area contributed by atoms with E-state index in [4.69, 9.17) is 4.74 Å². The zero-order chi connectivity index (χ0) is 14.8. The summed E-state index contributed by atoms with van der Waals surface area (Å²) in [6.45, 7) is 7.93. The number of esters is 1. The number of imide groups is 1. The van der Waals surface area contributed by atoms with E-state index in [1.54, 1.807) is 18.7 Å². The van der Waals surface area contributed by atoms with Gasteiger partial charge in [0.1, 0.15) is 0 Å². The molecule has 0 unspecified atom stereocenters. The second-order valence-corrected chi connectivity index (χ2v) is 4.21. The number of nitrogens with one attached hydrogen (secondary N) is 2. The molecular formula is C12H23N3O4. The van der Waals surface area contributed by atoms with E-state index in [2.05, 4.69) is 10.6 Å². The molecule has 110 valence electrons. The Morgan fingerprint density at radius 2 is 1.79 bits per heavy atom. The number of ether oxygens (including phenoxy) is 1. The van der Waals surface area contributed by atoms with Crippen LogP contribution in [0.2, 0.25) is 0 Å². The highest BCUT2D eigenvalue weighted by atomic mass is 16.5. The molecule has 0 spiro atoms. The van der Waals surface area contributed by atoms with E-state index in [0.29, 0.717) is 13.2 Å². The van der Waals surface area contributed by atoms with Crippen LogP contribution in [0.1, 0.15) is 27.7 Å². The fourth-order valence-corrected chi connectivity index (χ4v) is 1.35. The number of amides is 3. The van der Waals surface area contributed by atoms with E-state index < -0.39 is 11.9 Å². The van der Waals surface area contributed by atoms with Crippen molar-refractivity contribution in [2.45, 2.75) is 33.7 Å². The van der Waals surface area contributed by atoms with Gasteiger partial charge in [0.05, 0.1) is 19.7 Å². The van der Waals surface area contributed by atoms with Gasteiger partial charge in [0.15, 0.2) is 0 Å². The minimum absolute atomic E-state index is 0.00982. The molecule has 0 radical (unpaired) electrons. The minimum atomic E-state index is -0.535. The van der Waals surface area contributed by atoms with Crippen LogP contribution in [0.5, 0.6) is 0 Å². The van der Waals surface area contributed by atoms with Crippen LogP contribution in [0.25, 0.3) is 0 Å². The van der Waals surface area contributed by atoms with Gasteiger partial charge in [-0.05, 0) is 27.7 Å². The van der Waals surface area contributed by atoms with Crippen LogP contribution < -0.4 is 10.6 Å². The Kier molecular flexibility index (Phi) is 8.52. The molecule has 0 saturated carbocycles. The van der Waals surface area contributed by atoms with Gasteiger partial charge < -0.3 is 10.1 Å². The summed E-state index contributed by atoms with van der Waals surface area (Å²) in [5, 5.41) is 4.65. The molecule has 0 saturated heterocycles. The zero-order valence-corrected chi connectivity index (χ0v) is 12.0. The van der Waals surface area contributed by atoms with Crippen LogP contribution in [0.3, 0.4) is 0 Å². The molecule has 0 aliphatic heterocycles. The molecule has 0 aromatic carbocycles. The summed E-state index contributed by atoms with van der Waals surface area (Å²) in [5.41, 5.74) is 0. The lowest BCUT2D eigenvalue weighted by Gasteiger charge is -2.24. The first-order valence-corrected chi connectivity index (χ1v) is 6.38. The fourth-order valence-electron chi connectivity index (χ4n) is 1.35. The first-order chi connectivity index (χ1) is 8.90. The number of carbonyl (C=O) groups is 3. The van der Waals surface area contributed by atoms with Crippen molar-refractivity contribution in [3.63, 3.8) is 0 Å². The van der Waals surface area contributed by atoms with Crippen molar-refractivity contribution >= 4 is 17.9 Å². The third-order valence-corrected chi connectivity index (χ3v) is 2.30. The summed E-state index contributed by atoms with van der Waals surface area (Å²) in [4.78, 5) is 35.8. The fraction of sp³-hybridized carbons (Fsp3) is 0.750. The monoisotopic (exact) mass is 273 g/mol. The van der Waals surface area contributed by atoms with Crippen molar-refractivity contribution in [3.8, 4) is 0 Å². The maximum atomic E-state index is 11.6. The zero-order valence-electron chi connectivity index (χ0n) is 12.0. The molecule has 0 rings (SSSR count). The first kappa shape index (κ1) is 17.4. The maximum Gasteiger partial charge on any atom is 0.321 e. The third-order valence-electron chi connectivity index (χ3n) is 2.30. The number of rotatable bonds is 7. The number of hydrogen-bond acceptors (Lipinski definition) is 5. The summed E-state index contributed by atoms with van der Waals surface area (Å²) in [5.74, 6) is -0.842. The Balaban J connectivity index is 4.30. The first-order valence-electron chi connectivity index (χ1n) is 6.38. The Morgan fingerprint density at radius 3 is 2.26 bits per heavy atom. The molecule has 3 amide bonds. The number of hydrogen-bond donors (Lipinski definition) is 2. The van der Waals surface area contributed by atoms with Gasteiger partial charge in [-0.1, -0.05) is 0 Å². The lowest BCUT2D eigenvalue weighted by molar-refractivity contribution is -0.145. The summed E-state index contributed by atoms with van der Waals surface area (Å²) in [6, 6.07) is -0.545. The van der Waals surface area contributed by atoms with E-state index in [9.17, 15) is 14.4 Å². The van der Waals surface area contributed by atoms with Crippen molar-refractivity contribution in [3.05, 3.63) is 0 Å². The molecule has 0 bridgehead atoms. The molecule has 2 N–H and O–H groups in total. The standard InChI is InChI=1S/C12H23N3O4/c1-5-13-12(18)14-10(16)7-15(9(3)4)8-11(17)19-6-2/h9H,5-8H2,1-4H3,(H2,13,14,16,18). The SMILES string of the molecule is CCNC(=O)NC(=O)CN(CC(=O)OCC)C(C)C. The van der Waals surface area contributed by atoms with Gasteiger partial charge in [-0.25, -0.2) is 4.79 Å². The molecule has 0 aliphatic carbocycles. The van der Waals surface area contributed by atoms with E-state index in [0.717, 1.165) is 0 Å². The third kappa shape index (κ3) is 8.15. The lowest BCUT2D eigenvalue weighted by Crippen LogP contribution is -2.47. The summed E-state index contributed by atoms with van der Waals surface area (Å²) < 4.78 is 4.83. The van der Waals surface area contributed by atoms with Crippen molar-refractivity contribution in [1.82, 2.24) is 15.5 Å². The van der Waals surface area contributed by atoms with Crippen LogP contribution in [0.4, 0.5) is 4.79 Å². The predicted octanol–water partition coefficient (Wildman–Crippen LogP) is 0.106. The van der Waals surface area contributed by atoms with Crippen LogP contribution >= 0.6 is 0 Å². The van der Waals surface area contributed by atoms with E-state index in [1.807, 2.05) is 13.8 Å². The van der Waals surface area contributed by atoms with Crippen molar-refractivity contribution in [2.24, 2.45) is 0 Å². The second-order valence-electron chi connectivity index (χ2n) is 4.21. The predicted molar refractivity (Wildman–Crippen MR) is 70.6 cm³/mol. The number of nitrogens with zero attached hydrogens (tertiary/aromatic N) is 1. The largest absolute Gasteiger partial charge is 0.465 e. The minimum Gasteiger partial charge on any atom is -0.465 e. The molecule has 7 nitrogen and oxygen atoms in total. The van der Waals surface area contributed by atoms with Gasteiger partial charge >= 0.3 is 12.0 Å². The molecule has 0 aromatic rings. The van der Waals surface area contributed by atoms with E-state index in [-0.39, 0.29) is 25.1 Å². The number of carbonyl (C=O) groups excluding carboxylic acids is 3. The molecule has 0 atom stereocenters. The van der Waals surface area contributed by atoms with Crippen molar-refractivity contribution in [1.29, 1.82) is 0 Å². The Labute approximate surface area is 113 Å². The highest BCUT2D eigenvalue weighted by Gasteiger charge is 2.19. The van der Waals surface area contributed by atoms with Crippen LogP contribution in [0, 0.1) is 0 Å². The molecule has 0 fully saturated rings. The topological polar surface area (TPSA) is 87.7 Å². The molecule has 7 heteroatoms. The van der Waals surface area contributed by atoms with Gasteiger partial charge in [0.25, 0.3) is 0 Å². The molecule has 0 aliphatic rings. The highest BCUT2D eigenvalue weighted by Crippen LogP contribution is 1.98. The molecular weight excluding hydrogens is 250 g/mol. The van der Waals surface area contributed by atoms with Crippen LogP contribution in [-0.2, 0) is 14.3 Å². The van der Waals surface area contributed by atoms with Gasteiger partial charge in [-0.3, -0.25) is 19.8 Å². The van der Waals surface area contributed by atoms with Crippen LogP contribution in [-0.4, -0.2) is 55.1 Å². The Bertz CT molecular complexity index is 318. The Hall–Kier alpha value is -1.63. The average Bonchev–Trinajstić information content (AvgIpc) is 2.28. The van der Waals surface area contributed by atoms with Gasteiger partial charge in [0.2, 0.25) is 5.91 Å². The summed E-state index contributed by atoms with van der Waals surface area (Å²) in [6.07, 6.45) is 0. The Morgan fingerprint density at radius 1 is 1.16 bits per heavy atom. The smallest absolute Gasteiger partial charge is 0.321 e. The second kappa shape index (κ2) is 9.32. The summed E-state index contributed by atoms with van der Waals surface area (Å²) in [7, 11) is 0. The quantitative estimate of drug-likeness (QED) is 0.643. The van der Waals surface area contributed by atoms with Crippen LogP contribution in [0.15, 0.2) is 0 Å². The molecule has 0 heterocycles. The average molecular weight is 273 g/mol. The molecule has 19 heavy (non-hydrogen) atoms.